The van der Waals surface area contributed by atoms with E-state index in [1.165, 1.54) is 4.88 Å². The van der Waals surface area contributed by atoms with Crippen LogP contribution in [0.2, 0.25) is 0 Å². The van der Waals surface area contributed by atoms with Crippen LogP contribution in [0.25, 0.3) is 10.4 Å². The first-order chi connectivity index (χ1) is 12.8. The average Bonchev–Trinajstić information content (AvgIpc) is 3.40. The maximum absolute atomic E-state index is 12.9. The van der Waals surface area contributed by atoms with Gasteiger partial charge < -0.3 is 4.90 Å². The molecule has 0 unspecified atom stereocenters. The van der Waals surface area contributed by atoms with Crippen molar-refractivity contribution in [3.63, 3.8) is 0 Å². The zero-order valence-electron chi connectivity index (χ0n) is 14.5. The number of hydrogen-bond donors (Lipinski definition) is 0. The molecule has 1 amide bonds. The van der Waals surface area contributed by atoms with Crippen LogP contribution in [0.1, 0.15) is 10.4 Å². The molecule has 0 aliphatic carbocycles. The van der Waals surface area contributed by atoms with E-state index in [1.54, 1.807) is 24.0 Å². The number of rotatable bonds is 5. The lowest BCUT2D eigenvalue weighted by Crippen LogP contribution is -2.49. The van der Waals surface area contributed by atoms with Crippen molar-refractivity contribution >= 4 is 17.2 Å². The fraction of sp³-hybridized carbons (Fsp3) is 0.316. The molecule has 3 heterocycles. The highest BCUT2D eigenvalue weighted by Gasteiger charge is 2.22. The SMILES string of the molecule is O=C(c1cccc(-c2cccs2)c1)N1CCN(CCn2cncn2)CC1. The van der Waals surface area contributed by atoms with Crippen LogP contribution in [0.15, 0.2) is 54.4 Å². The molecule has 4 rings (SSSR count). The summed E-state index contributed by atoms with van der Waals surface area (Å²) in [5, 5.41) is 6.19. The fourth-order valence-corrected chi connectivity index (χ4v) is 3.92. The highest BCUT2D eigenvalue weighted by molar-refractivity contribution is 7.13. The van der Waals surface area contributed by atoms with Crippen molar-refractivity contribution in [1.29, 1.82) is 0 Å². The molecule has 7 heteroatoms. The smallest absolute Gasteiger partial charge is 0.253 e. The van der Waals surface area contributed by atoms with E-state index in [4.69, 9.17) is 0 Å². The van der Waals surface area contributed by atoms with Crippen LogP contribution < -0.4 is 0 Å². The molecule has 3 aromatic rings. The molecular weight excluding hydrogens is 346 g/mol. The normalized spacial score (nSPS) is 15.3. The van der Waals surface area contributed by atoms with Gasteiger partial charge in [0.2, 0.25) is 0 Å². The van der Waals surface area contributed by atoms with E-state index >= 15 is 0 Å². The van der Waals surface area contributed by atoms with Gasteiger partial charge in [-0.2, -0.15) is 5.10 Å². The second-order valence-corrected chi connectivity index (χ2v) is 7.30. The molecule has 1 aliphatic rings. The molecule has 6 nitrogen and oxygen atoms in total. The largest absolute Gasteiger partial charge is 0.336 e. The number of carbonyl (C=O) groups excluding carboxylic acids is 1. The molecule has 1 fully saturated rings. The van der Waals surface area contributed by atoms with Gasteiger partial charge in [0.1, 0.15) is 12.7 Å². The molecule has 0 bridgehead atoms. The highest BCUT2D eigenvalue weighted by Crippen LogP contribution is 2.25. The van der Waals surface area contributed by atoms with Gasteiger partial charge >= 0.3 is 0 Å². The second-order valence-electron chi connectivity index (χ2n) is 6.35. The quantitative estimate of drug-likeness (QED) is 0.695. The monoisotopic (exact) mass is 367 g/mol. The Labute approximate surface area is 156 Å². The van der Waals surface area contributed by atoms with Gasteiger partial charge in [-0.05, 0) is 29.1 Å². The molecule has 134 valence electrons. The topological polar surface area (TPSA) is 54.3 Å². The number of thiophene rings is 1. The summed E-state index contributed by atoms with van der Waals surface area (Å²) >= 11 is 1.69. The summed E-state index contributed by atoms with van der Waals surface area (Å²) in [4.78, 5) is 22.3. The van der Waals surface area contributed by atoms with Crippen LogP contribution in [0.5, 0.6) is 0 Å². The summed E-state index contributed by atoms with van der Waals surface area (Å²) in [6.45, 7) is 5.07. The first-order valence-corrected chi connectivity index (χ1v) is 9.65. The summed E-state index contributed by atoms with van der Waals surface area (Å²) < 4.78 is 1.84. The van der Waals surface area contributed by atoms with E-state index in [-0.39, 0.29) is 5.91 Å². The minimum absolute atomic E-state index is 0.124. The Morgan fingerprint density at radius 1 is 1.08 bits per heavy atom. The third-order valence-electron chi connectivity index (χ3n) is 4.69. The number of aromatic nitrogens is 3. The number of amides is 1. The third-order valence-corrected chi connectivity index (χ3v) is 5.61. The van der Waals surface area contributed by atoms with E-state index in [0.29, 0.717) is 0 Å². The van der Waals surface area contributed by atoms with Gasteiger partial charge in [0.05, 0.1) is 6.54 Å². The molecule has 2 aromatic heterocycles. The second kappa shape index (κ2) is 7.80. The van der Waals surface area contributed by atoms with E-state index in [0.717, 1.165) is 50.4 Å². The maximum atomic E-state index is 12.9. The van der Waals surface area contributed by atoms with Gasteiger partial charge in [0, 0.05) is 43.2 Å². The highest BCUT2D eigenvalue weighted by atomic mass is 32.1. The van der Waals surface area contributed by atoms with E-state index in [2.05, 4.69) is 32.5 Å². The van der Waals surface area contributed by atoms with Crippen molar-refractivity contribution in [3.05, 3.63) is 60.0 Å². The van der Waals surface area contributed by atoms with Crippen LogP contribution in [0.4, 0.5) is 0 Å². The minimum Gasteiger partial charge on any atom is -0.336 e. The minimum atomic E-state index is 0.124. The lowest BCUT2D eigenvalue weighted by molar-refractivity contribution is 0.0632. The number of piperazine rings is 1. The first-order valence-electron chi connectivity index (χ1n) is 8.77. The Bertz CT molecular complexity index is 839. The predicted octanol–water partition coefficient (Wildman–Crippen LogP) is 2.46. The van der Waals surface area contributed by atoms with Gasteiger partial charge in [-0.25, -0.2) is 4.98 Å². The van der Waals surface area contributed by atoms with Gasteiger partial charge in [-0.1, -0.05) is 18.2 Å². The van der Waals surface area contributed by atoms with Crippen molar-refractivity contribution in [2.75, 3.05) is 32.7 Å². The molecule has 1 aliphatic heterocycles. The lowest BCUT2D eigenvalue weighted by atomic mass is 10.1. The van der Waals surface area contributed by atoms with Crippen LogP contribution >= 0.6 is 11.3 Å². The Hall–Kier alpha value is -2.51. The van der Waals surface area contributed by atoms with Crippen LogP contribution in [0, 0.1) is 0 Å². The predicted molar refractivity (Wildman–Crippen MR) is 102 cm³/mol. The Morgan fingerprint density at radius 3 is 2.69 bits per heavy atom. The fourth-order valence-electron chi connectivity index (χ4n) is 3.20. The molecule has 0 N–H and O–H groups in total. The van der Waals surface area contributed by atoms with Crippen LogP contribution in [0.3, 0.4) is 0 Å². The molecule has 0 atom stereocenters. The summed E-state index contributed by atoms with van der Waals surface area (Å²) in [5.41, 5.74) is 1.88. The van der Waals surface area contributed by atoms with E-state index < -0.39 is 0 Å². The lowest BCUT2D eigenvalue weighted by Gasteiger charge is -2.34. The summed E-state index contributed by atoms with van der Waals surface area (Å²) in [7, 11) is 0. The first kappa shape index (κ1) is 16.9. The number of nitrogens with zero attached hydrogens (tertiary/aromatic N) is 5. The maximum Gasteiger partial charge on any atom is 0.253 e. The molecule has 1 saturated heterocycles. The molecule has 26 heavy (non-hydrogen) atoms. The Kier molecular flexibility index (Phi) is 5.08. The van der Waals surface area contributed by atoms with Crippen molar-refractivity contribution in [2.24, 2.45) is 0 Å². The van der Waals surface area contributed by atoms with Crippen molar-refractivity contribution in [1.82, 2.24) is 24.6 Å². The zero-order chi connectivity index (χ0) is 17.8. The molecule has 0 radical (unpaired) electrons. The van der Waals surface area contributed by atoms with Crippen LogP contribution in [-0.4, -0.2) is 63.2 Å². The standard InChI is InChI=1S/C19H21N5OS/c25-19(17-4-1-3-16(13-17)18-5-2-12-26-18)23-9-6-22(7-10-23)8-11-24-15-20-14-21-24/h1-5,12-15H,6-11H2. The van der Waals surface area contributed by atoms with Crippen molar-refractivity contribution in [3.8, 4) is 10.4 Å². The summed E-state index contributed by atoms with van der Waals surface area (Å²) in [6, 6.07) is 12.1. The number of benzene rings is 1. The van der Waals surface area contributed by atoms with E-state index in [9.17, 15) is 4.79 Å². The Morgan fingerprint density at radius 2 is 1.96 bits per heavy atom. The molecule has 0 spiro atoms. The number of carbonyl (C=O) groups is 1. The van der Waals surface area contributed by atoms with Gasteiger partial charge in [-0.3, -0.25) is 14.4 Å². The molecular formula is C19H21N5OS. The summed E-state index contributed by atoms with van der Waals surface area (Å²) in [6.07, 6.45) is 3.29. The Balaban J connectivity index is 1.34. The molecule has 1 aromatic carbocycles. The van der Waals surface area contributed by atoms with Crippen molar-refractivity contribution in [2.45, 2.75) is 6.54 Å². The number of hydrogen-bond acceptors (Lipinski definition) is 5. The van der Waals surface area contributed by atoms with Gasteiger partial charge in [-0.15, -0.1) is 11.3 Å². The van der Waals surface area contributed by atoms with E-state index in [1.807, 2.05) is 33.8 Å². The molecule has 0 saturated carbocycles. The average molecular weight is 367 g/mol. The van der Waals surface area contributed by atoms with Crippen LogP contribution in [-0.2, 0) is 6.54 Å². The summed E-state index contributed by atoms with van der Waals surface area (Å²) in [5.74, 6) is 0.124. The van der Waals surface area contributed by atoms with Crippen molar-refractivity contribution < 1.29 is 4.79 Å². The zero-order valence-corrected chi connectivity index (χ0v) is 15.3. The van der Waals surface area contributed by atoms with Gasteiger partial charge in [0.15, 0.2) is 0 Å². The third kappa shape index (κ3) is 3.84. The van der Waals surface area contributed by atoms with Gasteiger partial charge in [0.25, 0.3) is 5.91 Å².